The molecule has 14 nitrogen and oxygen atoms in total. The quantitative estimate of drug-likeness (QED) is 0.0229. The van der Waals surface area contributed by atoms with E-state index in [4.69, 9.17) is 37.9 Å². The zero-order valence-electron chi connectivity index (χ0n) is 41.6. The molecule has 6 aromatic carbocycles. The summed E-state index contributed by atoms with van der Waals surface area (Å²) >= 11 is 0. The number of hydrogen-bond acceptors (Lipinski definition) is 14. The van der Waals surface area contributed by atoms with Crippen molar-refractivity contribution >= 4 is 48.0 Å². The number of benzene rings is 6. The Hall–Kier alpha value is -8.78. The number of ether oxygens (including phenoxy) is 8. The van der Waals surface area contributed by atoms with Gasteiger partial charge in [0.1, 0.15) is 40.2 Å². The van der Waals surface area contributed by atoms with Gasteiger partial charge in [-0.3, -0.25) is 14.4 Å². The number of esters is 6. The number of rotatable bonds is 25. The standard InChI is InChI=1S/C60H58O14/c1-5-60(3,59(66)74-53-34-30-50(31-35-53)71-55(62)37-19-44-16-10-7-11-17-44)41-46(40-42(2)56(63)72-51-32-28-49(29-33-51)70-54(61)36-18-43-14-8-6-9-15-43)57(64)69-39-13-12-38-68-48-22-20-45(21-23-48)58(65)73-52-26-24-47(67-4)25-27-52/h6-11,14-37,42,46H,5,12-13,38-41H2,1-4H3/b36-18+,37-19+. The topological polar surface area (TPSA) is 176 Å². The van der Waals surface area contributed by atoms with E-state index in [0.29, 0.717) is 42.3 Å². The molecule has 74 heavy (non-hydrogen) atoms. The van der Waals surface area contributed by atoms with Crippen molar-refractivity contribution in [2.45, 2.75) is 52.9 Å². The average Bonchev–Trinajstić information content (AvgIpc) is 3.42. The molecule has 14 heteroatoms. The van der Waals surface area contributed by atoms with Gasteiger partial charge in [-0.15, -0.1) is 0 Å². The number of methoxy groups -OCH3 is 1. The fourth-order valence-electron chi connectivity index (χ4n) is 7.24. The lowest BCUT2D eigenvalue weighted by Gasteiger charge is -2.30. The molecule has 0 aromatic heterocycles. The fourth-order valence-corrected chi connectivity index (χ4v) is 7.24. The van der Waals surface area contributed by atoms with Crippen molar-refractivity contribution in [2.24, 2.45) is 17.3 Å². The Morgan fingerprint density at radius 1 is 0.514 bits per heavy atom. The van der Waals surface area contributed by atoms with Crippen LogP contribution in [0.25, 0.3) is 12.2 Å². The molecule has 0 saturated carbocycles. The molecule has 0 aliphatic heterocycles. The molecule has 0 aliphatic carbocycles. The number of carbonyl (C=O) groups excluding carboxylic acids is 6. The van der Waals surface area contributed by atoms with Crippen molar-refractivity contribution in [2.75, 3.05) is 20.3 Å². The summed E-state index contributed by atoms with van der Waals surface area (Å²) in [6, 6.07) is 43.7. The van der Waals surface area contributed by atoms with E-state index < -0.39 is 53.1 Å². The molecule has 0 N–H and O–H groups in total. The van der Waals surface area contributed by atoms with Crippen molar-refractivity contribution in [3.8, 4) is 40.2 Å². The van der Waals surface area contributed by atoms with E-state index in [1.807, 2.05) is 60.7 Å². The van der Waals surface area contributed by atoms with Crippen LogP contribution < -0.4 is 33.2 Å². The molecule has 0 heterocycles. The zero-order chi connectivity index (χ0) is 52.7. The zero-order valence-corrected chi connectivity index (χ0v) is 41.6. The van der Waals surface area contributed by atoms with Gasteiger partial charge in [0.05, 0.1) is 43.1 Å². The largest absolute Gasteiger partial charge is 0.497 e. The lowest BCUT2D eigenvalue weighted by atomic mass is 9.76. The third-order valence-electron chi connectivity index (χ3n) is 11.7. The molecule has 6 rings (SSSR count). The number of hydrogen-bond donors (Lipinski definition) is 0. The van der Waals surface area contributed by atoms with E-state index in [9.17, 15) is 28.8 Å². The van der Waals surface area contributed by atoms with Crippen LogP contribution in [0.15, 0.2) is 170 Å². The molecule has 0 bridgehead atoms. The van der Waals surface area contributed by atoms with Crippen molar-refractivity contribution in [3.05, 3.63) is 187 Å². The third-order valence-corrected chi connectivity index (χ3v) is 11.7. The summed E-state index contributed by atoms with van der Waals surface area (Å²) in [6.07, 6.45) is 7.09. The summed E-state index contributed by atoms with van der Waals surface area (Å²) in [4.78, 5) is 78.8. The Morgan fingerprint density at radius 3 is 1.46 bits per heavy atom. The van der Waals surface area contributed by atoms with E-state index in [2.05, 4.69) is 0 Å². The van der Waals surface area contributed by atoms with Crippen molar-refractivity contribution in [1.82, 2.24) is 0 Å². The summed E-state index contributed by atoms with van der Waals surface area (Å²) in [6.45, 7) is 5.45. The minimum absolute atomic E-state index is 0.0183. The van der Waals surface area contributed by atoms with E-state index in [-0.39, 0.29) is 48.9 Å². The van der Waals surface area contributed by atoms with Crippen LogP contribution in [0.4, 0.5) is 0 Å². The molecule has 382 valence electrons. The van der Waals surface area contributed by atoms with Crippen LogP contribution in [-0.2, 0) is 28.7 Å². The molecule has 0 aliphatic rings. The van der Waals surface area contributed by atoms with E-state index in [1.165, 1.54) is 60.7 Å². The maximum Gasteiger partial charge on any atom is 0.343 e. The molecule has 0 fully saturated rings. The normalized spacial score (nSPS) is 12.6. The van der Waals surface area contributed by atoms with Gasteiger partial charge < -0.3 is 37.9 Å². The lowest BCUT2D eigenvalue weighted by Crippen LogP contribution is -2.37. The van der Waals surface area contributed by atoms with Crippen LogP contribution in [0.2, 0.25) is 0 Å². The van der Waals surface area contributed by atoms with Gasteiger partial charge in [0, 0.05) is 12.2 Å². The Labute approximate surface area is 430 Å². The summed E-state index contributed by atoms with van der Waals surface area (Å²) < 4.78 is 44.5. The van der Waals surface area contributed by atoms with Gasteiger partial charge in [-0.2, -0.15) is 0 Å². The summed E-state index contributed by atoms with van der Waals surface area (Å²) in [5, 5.41) is 0. The molecule has 0 amide bonds. The molecule has 6 aromatic rings. The minimum atomic E-state index is -1.21. The van der Waals surface area contributed by atoms with Gasteiger partial charge >= 0.3 is 35.8 Å². The predicted molar refractivity (Wildman–Crippen MR) is 277 cm³/mol. The van der Waals surface area contributed by atoms with Gasteiger partial charge in [0.25, 0.3) is 0 Å². The maximum atomic E-state index is 13.9. The van der Waals surface area contributed by atoms with E-state index in [0.717, 1.165) is 11.1 Å². The Kier molecular flexibility index (Phi) is 20.4. The second-order valence-corrected chi connectivity index (χ2v) is 17.3. The summed E-state index contributed by atoms with van der Waals surface area (Å²) in [7, 11) is 1.55. The van der Waals surface area contributed by atoms with Crippen LogP contribution in [0.3, 0.4) is 0 Å². The molecule has 0 radical (unpaired) electrons. The van der Waals surface area contributed by atoms with Crippen LogP contribution >= 0.6 is 0 Å². The molecule has 3 unspecified atom stereocenters. The highest BCUT2D eigenvalue weighted by Crippen LogP contribution is 2.36. The molecule has 0 saturated heterocycles. The number of unbranched alkanes of at least 4 members (excludes halogenated alkanes) is 1. The first kappa shape index (κ1) is 54.6. The van der Waals surface area contributed by atoms with Crippen LogP contribution in [-0.4, -0.2) is 56.1 Å². The third kappa shape index (κ3) is 17.5. The second-order valence-electron chi connectivity index (χ2n) is 17.3. The van der Waals surface area contributed by atoms with Crippen LogP contribution in [0.5, 0.6) is 40.2 Å². The van der Waals surface area contributed by atoms with Crippen molar-refractivity contribution < 1.29 is 66.7 Å². The first-order valence-corrected chi connectivity index (χ1v) is 24.1. The van der Waals surface area contributed by atoms with Crippen LogP contribution in [0.1, 0.15) is 74.4 Å². The number of carbonyl (C=O) groups is 6. The van der Waals surface area contributed by atoms with E-state index >= 15 is 0 Å². The molecular formula is C60H58O14. The van der Waals surface area contributed by atoms with Gasteiger partial charge in [-0.25, -0.2) is 14.4 Å². The SMILES string of the molecule is CCC(C)(CC(CC(C)C(=O)Oc1ccc(OC(=O)/C=C/c2ccccc2)cc1)C(=O)OCCCCOc1ccc(C(=O)Oc2ccc(OC)cc2)cc1)C(=O)Oc1ccc(OC(=O)/C=C/c2ccccc2)cc1. The van der Waals surface area contributed by atoms with Crippen molar-refractivity contribution in [3.63, 3.8) is 0 Å². The Balaban J connectivity index is 1.03. The van der Waals surface area contributed by atoms with Gasteiger partial charge in [0.2, 0.25) is 0 Å². The van der Waals surface area contributed by atoms with Gasteiger partial charge in [0.15, 0.2) is 0 Å². The minimum Gasteiger partial charge on any atom is -0.497 e. The maximum absolute atomic E-state index is 13.9. The highest BCUT2D eigenvalue weighted by atomic mass is 16.6. The summed E-state index contributed by atoms with van der Waals surface area (Å²) in [5.41, 5.74) is 0.805. The monoisotopic (exact) mass is 1000 g/mol. The van der Waals surface area contributed by atoms with Gasteiger partial charge in [-0.05, 0) is 159 Å². The highest BCUT2D eigenvalue weighted by Gasteiger charge is 2.40. The Bertz CT molecular complexity index is 2840. The predicted octanol–water partition coefficient (Wildman–Crippen LogP) is 11.5. The molecule has 0 spiro atoms. The first-order chi connectivity index (χ1) is 35.8. The van der Waals surface area contributed by atoms with Crippen molar-refractivity contribution in [1.29, 1.82) is 0 Å². The smallest absolute Gasteiger partial charge is 0.343 e. The molecular weight excluding hydrogens is 945 g/mol. The Morgan fingerprint density at radius 2 is 0.959 bits per heavy atom. The fraction of sp³-hybridized carbons (Fsp3) is 0.233. The lowest BCUT2D eigenvalue weighted by molar-refractivity contribution is -0.154. The second kappa shape index (κ2) is 27.7. The summed E-state index contributed by atoms with van der Waals surface area (Å²) in [5.74, 6) is -2.87. The van der Waals surface area contributed by atoms with E-state index in [1.54, 1.807) is 88.6 Å². The van der Waals surface area contributed by atoms with Crippen LogP contribution in [0, 0.1) is 17.3 Å². The highest BCUT2D eigenvalue weighted by molar-refractivity contribution is 5.91. The average molecular weight is 1000 g/mol. The first-order valence-electron chi connectivity index (χ1n) is 24.1. The van der Waals surface area contributed by atoms with Gasteiger partial charge in [-0.1, -0.05) is 74.5 Å². The molecule has 3 atom stereocenters.